The molecule has 0 aromatic heterocycles. The summed E-state index contributed by atoms with van der Waals surface area (Å²) in [5.41, 5.74) is 0.273. The Morgan fingerprint density at radius 2 is 1.90 bits per heavy atom. The van der Waals surface area contributed by atoms with Crippen LogP contribution in [0.15, 0.2) is 0 Å². The second kappa shape index (κ2) is 6.52. The van der Waals surface area contributed by atoms with Crippen LogP contribution in [0.5, 0.6) is 0 Å². The number of nitrogens with one attached hydrogen (secondary N) is 1. The Kier molecular flexibility index (Phi) is 4.88. The molecule has 2 aliphatic heterocycles. The van der Waals surface area contributed by atoms with Crippen LogP contribution < -0.4 is 5.32 Å². The molecule has 0 radical (unpaired) electrons. The van der Waals surface area contributed by atoms with Crippen molar-refractivity contribution in [2.75, 3.05) is 50.9 Å². The summed E-state index contributed by atoms with van der Waals surface area (Å²) in [5.74, 6) is 0.690. The minimum Gasteiger partial charge on any atom is -0.381 e. The normalized spacial score (nSPS) is 29.9. The molecule has 21 heavy (non-hydrogen) atoms. The summed E-state index contributed by atoms with van der Waals surface area (Å²) in [6.07, 6.45) is 5.60. The summed E-state index contributed by atoms with van der Waals surface area (Å²) < 4.78 is 29.1. The molecule has 6 heteroatoms. The van der Waals surface area contributed by atoms with Gasteiger partial charge in [0.05, 0.1) is 11.5 Å². The first-order chi connectivity index (χ1) is 10.1. The summed E-state index contributed by atoms with van der Waals surface area (Å²) in [7, 11) is -2.81. The first-order valence-electron chi connectivity index (χ1n) is 8.31. The van der Waals surface area contributed by atoms with Gasteiger partial charge >= 0.3 is 0 Å². The Hall–Kier alpha value is -0.170. The predicted octanol–water partition coefficient (Wildman–Crippen LogP) is 0.656. The molecular weight excluding hydrogens is 288 g/mol. The highest BCUT2D eigenvalue weighted by atomic mass is 32.2. The Bertz CT molecular complexity index is 442. The molecule has 3 rings (SSSR count). The second-order valence-corrected chi connectivity index (χ2v) is 9.35. The van der Waals surface area contributed by atoms with Crippen LogP contribution in [0, 0.1) is 5.41 Å². The summed E-state index contributed by atoms with van der Waals surface area (Å²) in [6, 6.07) is 0.731. The Morgan fingerprint density at radius 1 is 1.14 bits per heavy atom. The first kappa shape index (κ1) is 15.7. The van der Waals surface area contributed by atoms with Crippen molar-refractivity contribution in [3.8, 4) is 0 Å². The van der Waals surface area contributed by atoms with E-state index in [1.165, 1.54) is 12.8 Å². The molecule has 0 atom stereocenters. The molecule has 0 aromatic carbocycles. The van der Waals surface area contributed by atoms with Gasteiger partial charge in [0.15, 0.2) is 9.84 Å². The van der Waals surface area contributed by atoms with Crippen molar-refractivity contribution in [1.29, 1.82) is 0 Å². The lowest BCUT2D eigenvalue weighted by atomic mass is 9.79. The van der Waals surface area contributed by atoms with E-state index < -0.39 is 9.84 Å². The molecule has 0 spiro atoms. The van der Waals surface area contributed by atoms with Crippen molar-refractivity contribution in [1.82, 2.24) is 10.2 Å². The number of hydrogen-bond acceptors (Lipinski definition) is 5. The van der Waals surface area contributed by atoms with E-state index in [1.54, 1.807) is 0 Å². The van der Waals surface area contributed by atoms with Gasteiger partial charge in [-0.05, 0) is 44.1 Å². The van der Waals surface area contributed by atoms with E-state index in [4.69, 9.17) is 4.74 Å². The molecule has 1 N–H and O–H groups in total. The quantitative estimate of drug-likeness (QED) is 0.807. The molecule has 0 bridgehead atoms. The fraction of sp³-hybridized carbons (Fsp3) is 1.00. The maximum atomic E-state index is 11.8. The summed E-state index contributed by atoms with van der Waals surface area (Å²) in [4.78, 5) is 2.38. The lowest BCUT2D eigenvalue weighted by molar-refractivity contribution is -0.00346. The van der Waals surface area contributed by atoms with Crippen LogP contribution >= 0.6 is 0 Å². The Morgan fingerprint density at radius 3 is 2.62 bits per heavy atom. The Labute approximate surface area is 128 Å². The van der Waals surface area contributed by atoms with Crippen molar-refractivity contribution in [2.24, 2.45) is 5.41 Å². The molecule has 0 aromatic rings. The third-order valence-corrected chi connectivity index (χ3v) is 6.82. The van der Waals surface area contributed by atoms with Crippen LogP contribution in [0.4, 0.5) is 0 Å². The third-order valence-electron chi connectivity index (χ3n) is 5.10. The minimum atomic E-state index is -2.81. The second-order valence-electron chi connectivity index (χ2n) is 7.05. The molecule has 0 amide bonds. The van der Waals surface area contributed by atoms with Crippen LogP contribution in [0.1, 0.15) is 32.1 Å². The highest BCUT2D eigenvalue weighted by molar-refractivity contribution is 7.91. The summed E-state index contributed by atoms with van der Waals surface area (Å²) >= 11 is 0. The minimum absolute atomic E-state index is 0.273. The van der Waals surface area contributed by atoms with Crippen molar-refractivity contribution in [3.63, 3.8) is 0 Å². The van der Waals surface area contributed by atoms with E-state index >= 15 is 0 Å². The van der Waals surface area contributed by atoms with E-state index in [0.717, 1.165) is 58.2 Å². The van der Waals surface area contributed by atoms with Gasteiger partial charge < -0.3 is 15.0 Å². The van der Waals surface area contributed by atoms with E-state index in [9.17, 15) is 8.42 Å². The topological polar surface area (TPSA) is 58.6 Å². The third kappa shape index (κ3) is 4.65. The van der Waals surface area contributed by atoms with Gasteiger partial charge in [-0.3, -0.25) is 0 Å². The van der Waals surface area contributed by atoms with Crippen molar-refractivity contribution in [3.05, 3.63) is 0 Å². The molecule has 3 fully saturated rings. The molecule has 122 valence electrons. The van der Waals surface area contributed by atoms with Crippen molar-refractivity contribution >= 4 is 9.84 Å². The molecule has 5 nitrogen and oxygen atoms in total. The van der Waals surface area contributed by atoms with Crippen LogP contribution in [-0.2, 0) is 14.6 Å². The average Bonchev–Trinajstić information content (AvgIpc) is 3.28. The number of hydrogen-bond donors (Lipinski definition) is 1. The van der Waals surface area contributed by atoms with Crippen LogP contribution in [0.25, 0.3) is 0 Å². The van der Waals surface area contributed by atoms with E-state index in [-0.39, 0.29) is 5.41 Å². The van der Waals surface area contributed by atoms with Crippen molar-refractivity contribution < 1.29 is 13.2 Å². The van der Waals surface area contributed by atoms with E-state index in [0.29, 0.717) is 18.1 Å². The highest BCUT2D eigenvalue weighted by Gasteiger charge is 2.36. The van der Waals surface area contributed by atoms with Crippen LogP contribution in [0.3, 0.4) is 0 Å². The zero-order chi connectivity index (χ0) is 14.8. The summed E-state index contributed by atoms with van der Waals surface area (Å²) in [5, 5.41) is 3.69. The molecule has 2 saturated heterocycles. The summed E-state index contributed by atoms with van der Waals surface area (Å²) in [6.45, 7) is 5.40. The van der Waals surface area contributed by atoms with E-state index in [2.05, 4.69) is 10.2 Å². The van der Waals surface area contributed by atoms with Gasteiger partial charge in [0.25, 0.3) is 0 Å². The van der Waals surface area contributed by atoms with Gasteiger partial charge in [-0.25, -0.2) is 8.42 Å². The van der Waals surface area contributed by atoms with Crippen LogP contribution in [0.2, 0.25) is 0 Å². The fourth-order valence-electron chi connectivity index (χ4n) is 3.47. The van der Waals surface area contributed by atoms with E-state index in [1.807, 2.05) is 0 Å². The largest absolute Gasteiger partial charge is 0.381 e. The van der Waals surface area contributed by atoms with Crippen LogP contribution in [-0.4, -0.2) is 70.3 Å². The molecular formula is C15H28N2O3S. The van der Waals surface area contributed by atoms with Gasteiger partial charge in [-0.1, -0.05) is 0 Å². The van der Waals surface area contributed by atoms with Gasteiger partial charge in [0.1, 0.15) is 0 Å². The highest BCUT2D eigenvalue weighted by Crippen LogP contribution is 2.33. The lowest BCUT2D eigenvalue weighted by Gasteiger charge is -2.41. The predicted molar refractivity (Wildman–Crippen MR) is 83.2 cm³/mol. The van der Waals surface area contributed by atoms with Gasteiger partial charge in [0, 0.05) is 38.9 Å². The molecule has 3 aliphatic rings. The maximum Gasteiger partial charge on any atom is 0.151 e. The molecule has 0 unspecified atom stereocenters. The number of rotatable bonds is 5. The van der Waals surface area contributed by atoms with Gasteiger partial charge in [-0.2, -0.15) is 0 Å². The first-order valence-corrected chi connectivity index (χ1v) is 10.1. The number of sulfone groups is 1. The molecule has 1 aliphatic carbocycles. The average molecular weight is 316 g/mol. The number of ether oxygens (including phenoxy) is 1. The maximum absolute atomic E-state index is 11.8. The number of nitrogens with zero attached hydrogens (tertiary/aromatic N) is 1. The standard InChI is InChI=1S/C15H28N2O3S/c18-21(19)10-1-6-17(7-11-21)13-15(4-8-20-9-5-15)12-16-14-2-3-14/h14,16H,1-13H2. The fourth-order valence-corrected chi connectivity index (χ4v) is 4.78. The van der Waals surface area contributed by atoms with Gasteiger partial charge in [-0.15, -0.1) is 0 Å². The Balaban J connectivity index is 1.59. The SMILES string of the molecule is O=S1(=O)CCCN(CC2(CNC3CC3)CCOCC2)CC1. The lowest BCUT2D eigenvalue weighted by Crippen LogP contribution is -2.48. The molecule has 2 heterocycles. The monoisotopic (exact) mass is 316 g/mol. The zero-order valence-corrected chi connectivity index (χ0v) is 13.7. The smallest absolute Gasteiger partial charge is 0.151 e. The zero-order valence-electron chi connectivity index (χ0n) is 12.8. The molecule has 1 saturated carbocycles. The van der Waals surface area contributed by atoms with Gasteiger partial charge in [0.2, 0.25) is 0 Å². The van der Waals surface area contributed by atoms with Crippen molar-refractivity contribution in [2.45, 2.75) is 38.1 Å².